The van der Waals surface area contributed by atoms with E-state index in [1.54, 1.807) is 10.9 Å². The Hall–Kier alpha value is -1.36. The number of carbonyl (C=O) groups is 1. The maximum Gasteiger partial charge on any atom is 0.220 e. The molecule has 0 fully saturated rings. The van der Waals surface area contributed by atoms with Crippen LogP contribution in [-0.4, -0.2) is 33.9 Å². The average Bonchev–Trinajstić information content (AvgIpc) is 2.61. The summed E-state index contributed by atoms with van der Waals surface area (Å²) in [5.41, 5.74) is 1.11. The third kappa shape index (κ3) is 4.60. The van der Waals surface area contributed by atoms with Gasteiger partial charge < -0.3 is 10.4 Å². The fourth-order valence-electron chi connectivity index (χ4n) is 1.23. The number of aromatic nitrogens is 2. The third-order valence-electron chi connectivity index (χ3n) is 1.99. The van der Waals surface area contributed by atoms with Crippen LogP contribution in [0.2, 0.25) is 0 Å². The summed E-state index contributed by atoms with van der Waals surface area (Å²) < 4.78 is 1.79. The highest BCUT2D eigenvalue weighted by Crippen LogP contribution is 1.93. The molecule has 0 bridgehead atoms. The average molecular weight is 211 g/mol. The van der Waals surface area contributed by atoms with Gasteiger partial charge in [-0.05, 0) is 18.9 Å². The molecule has 1 rings (SSSR count). The number of aryl methyl sites for hydroxylation is 1. The van der Waals surface area contributed by atoms with Crippen LogP contribution in [-0.2, 0) is 11.3 Å². The van der Waals surface area contributed by atoms with E-state index >= 15 is 0 Å². The minimum absolute atomic E-state index is 0.0204. The Bertz CT molecular complexity index is 309. The Morgan fingerprint density at radius 3 is 3.07 bits per heavy atom. The summed E-state index contributed by atoms with van der Waals surface area (Å²) in [5, 5.41) is 15.4. The zero-order valence-corrected chi connectivity index (χ0v) is 8.94. The summed E-state index contributed by atoms with van der Waals surface area (Å²) in [5.74, 6) is -0.0204. The zero-order valence-electron chi connectivity index (χ0n) is 8.94. The topological polar surface area (TPSA) is 67.2 Å². The molecule has 1 aromatic heterocycles. The van der Waals surface area contributed by atoms with Gasteiger partial charge in [-0.2, -0.15) is 5.10 Å². The predicted molar refractivity (Wildman–Crippen MR) is 56.3 cm³/mol. The second kappa shape index (κ2) is 6.19. The molecule has 15 heavy (non-hydrogen) atoms. The number of nitrogens with zero attached hydrogens (tertiary/aromatic N) is 2. The molecule has 0 aromatic carbocycles. The van der Waals surface area contributed by atoms with Crippen LogP contribution in [0, 0.1) is 6.92 Å². The lowest BCUT2D eigenvalue weighted by Crippen LogP contribution is -2.27. The molecule has 0 spiro atoms. The van der Waals surface area contributed by atoms with Crippen molar-refractivity contribution >= 4 is 5.91 Å². The van der Waals surface area contributed by atoms with E-state index in [9.17, 15) is 4.79 Å². The van der Waals surface area contributed by atoms with Gasteiger partial charge in [0.2, 0.25) is 5.91 Å². The van der Waals surface area contributed by atoms with Crippen molar-refractivity contribution in [3.63, 3.8) is 0 Å². The number of aliphatic hydroxyl groups is 1. The maximum atomic E-state index is 11.1. The summed E-state index contributed by atoms with van der Waals surface area (Å²) in [4.78, 5) is 11.1. The molecular formula is C10H17N3O2. The van der Waals surface area contributed by atoms with Crippen molar-refractivity contribution in [3.05, 3.63) is 18.0 Å². The highest BCUT2D eigenvalue weighted by atomic mass is 16.3. The SMILES string of the molecule is Cc1cnn(CCNC(=O)CCCO)c1. The second-order valence-corrected chi connectivity index (χ2v) is 3.46. The molecule has 5 heteroatoms. The van der Waals surface area contributed by atoms with Gasteiger partial charge in [-0.3, -0.25) is 9.48 Å². The number of carbonyl (C=O) groups excluding carboxylic acids is 1. The van der Waals surface area contributed by atoms with Crippen molar-refractivity contribution in [3.8, 4) is 0 Å². The molecule has 1 aromatic rings. The van der Waals surface area contributed by atoms with Crippen molar-refractivity contribution in [2.24, 2.45) is 0 Å². The van der Waals surface area contributed by atoms with Crippen molar-refractivity contribution in [2.45, 2.75) is 26.3 Å². The lowest BCUT2D eigenvalue weighted by Gasteiger charge is -2.04. The molecule has 0 saturated heterocycles. The van der Waals surface area contributed by atoms with Crippen LogP contribution in [0.15, 0.2) is 12.4 Å². The number of aliphatic hydroxyl groups excluding tert-OH is 1. The molecule has 0 saturated carbocycles. The quantitative estimate of drug-likeness (QED) is 0.700. The van der Waals surface area contributed by atoms with Crippen LogP contribution >= 0.6 is 0 Å². The molecule has 84 valence electrons. The van der Waals surface area contributed by atoms with E-state index < -0.39 is 0 Å². The molecule has 0 aliphatic heterocycles. The van der Waals surface area contributed by atoms with Crippen LogP contribution in [0.3, 0.4) is 0 Å². The molecule has 0 aliphatic carbocycles. The van der Waals surface area contributed by atoms with Gasteiger partial charge >= 0.3 is 0 Å². The van der Waals surface area contributed by atoms with Crippen LogP contribution in [0.1, 0.15) is 18.4 Å². The Morgan fingerprint density at radius 1 is 1.67 bits per heavy atom. The van der Waals surface area contributed by atoms with Crippen molar-refractivity contribution in [1.82, 2.24) is 15.1 Å². The van der Waals surface area contributed by atoms with Gasteiger partial charge in [-0.1, -0.05) is 0 Å². The molecule has 0 aliphatic rings. The fraction of sp³-hybridized carbons (Fsp3) is 0.600. The first kappa shape index (κ1) is 11.7. The minimum atomic E-state index is -0.0204. The highest BCUT2D eigenvalue weighted by molar-refractivity contribution is 5.75. The number of hydrogen-bond donors (Lipinski definition) is 2. The Kier molecular flexibility index (Phi) is 4.83. The van der Waals surface area contributed by atoms with Crippen LogP contribution in [0.25, 0.3) is 0 Å². The normalized spacial score (nSPS) is 10.3. The predicted octanol–water partition coefficient (Wildman–Crippen LogP) is 0.0802. The van der Waals surface area contributed by atoms with E-state index in [4.69, 9.17) is 5.11 Å². The van der Waals surface area contributed by atoms with Crippen molar-refractivity contribution in [2.75, 3.05) is 13.2 Å². The lowest BCUT2D eigenvalue weighted by atomic mass is 10.3. The van der Waals surface area contributed by atoms with Gasteiger partial charge in [0.25, 0.3) is 0 Å². The molecule has 0 radical (unpaired) electrons. The molecule has 1 amide bonds. The molecule has 0 atom stereocenters. The molecule has 0 unspecified atom stereocenters. The third-order valence-corrected chi connectivity index (χ3v) is 1.99. The Labute approximate surface area is 89.1 Å². The minimum Gasteiger partial charge on any atom is -0.396 e. The summed E-state index contributed by atoms with van der Waals surface area (Å²) in [6, 6.07) is 0. The van der Waals surface area contributed by atoms with E-state index in [0.717, 1.165) is 5.56 Å². The van der Waals surface area contributed by atoms with Gasteiger partial charge in [0, 0.05) is 25.8 Å². The summed E-state index contributed by atoms with van der Waals surface area (Å²) >= 11 is 0. The van der Waals surface area contributed by atoms with Crippen LogP contribution in [0.4, 0.5) is 0 Å². The standard InChI is InChI=1S/C10H17N3O2/c1-9-7-12-13(8-9)5-4-11-10(15)3-2-6-14/h7-8,14H,2-6H2,1H3,(H,11,15). The smallest absolute Gasteiger partial charge is 0.220 e. The number of rotatable bonds is 6. The van der Waals surface area contributed by atoms with E-state index in [1.807, 2.05) is 13.1 Å². The molecular weight excluding hydrogens is 194 g/mol. The van der Waals surface area contributed by atoms with Gasteiger partial charge in [0.1, 0.15) is 0 Å². The summed E-state index contributed by atoms with van der Waals surface area (Å²) in [6.45, 7) is 3.29. The van der Waals surface area contributed by atoms with Crippen molar-refractivity contribution in [1.29, 1.82) is 0 Å². The highest BCUT2D eigenvalue weighted by Gasteiger charge is 1.99. The number of hydrogen-bond acceptors (Lipinski definition) is 3. The second-order valence-electron chi connectivity index (χ2n) is 3.46. The zero-order chi connectivity index (χ0) is 11.1. The Balaban J connectivity index is 2.13. The maximum absolute atomic E-state index is 11.1. The molecule has 2 N–H and O–H groups in total. The summed E-state index contributed by atoms with van der Waals surface area (Å²) in [7, 11) is 0. The van der Waals surface area contributed by atoms with E-state index in [0.29, 0.717) is 25.9 Å². The first-order valence-electron chi connectivity index (χ1n) is 5.09. The van der Waals surface area contributed by atoms with Gasteiger partial charge in [0.15, 0.2) is 0 Å². The number of nitrogens with one attached hydrogen (secondary N) is 1. The van der Waals surface area contributed by atoms with Gasteiger partial charge in [-0.15, -0.1) is 0 Å². The largest absolute Gasteiger partial charge is 0.396 e. The first-order valence-corrected chi connectivity index (χ1v) is 5.09. The van der Waals surface area contributed by atoms with E-state index in [1.165, 1.54) is 0 Å². The molecule has 5 nitrogen and oxygen atoms in total. The van der Waals surface area contributed by atoms with Gasteiger partial charge in [0.05, 0.1) is 12.7 Å². The first-order chi connectivity index (χ1) is 7.22. The van der Waals surface area contributed by atoms with E-state index in [2.05, 4.69) is 10.4 Å². The fourth-order valence-corrected chi connectivity index (χ4v) is 1.23. The Morgan fingerprint density at radius 2 is 2.47 bits per heavy atom. The van der Waals surface area contributed by atoms with Crippen LogP contribution < -0.4 is 5.32 Å². The number of amides is 1. The van der Waals surface area contributed by atoms with E-state index in [-0.39, 0.29) is 12.5 Å². The summed E-state index contributed by atoms with van der Waals surface area (Å²) in [6.07, 6.45) is 4.62. The van der Waals surface area contributed by atoms with Crippen molar-refractivity contribution < 1.29 is 9.90 Å². The molecule has 1 heterocycles. The van der Waals surface area contributed by atoms with Gasteiger partial charge in [-0.25, -0.2) is 0 Å². The van der Waals surface area contributed by atoms with Crippen LogP contribution in [0.5, 0.6) is 0 Å². The monoisotopic (exact) mass is 211 g/mol. The lowest BCUT2D eigenvalue weighted by molar-refractivity contribution is -0.121.